The average Bonchev–Trinajstić information content (AvgIpc) is 3.37. The molecule has 1 aliphatic heterocycles. The Morgan fingerprint density at radius 1 is 0.912 bits per heavy atom. The van der Waals surface area contributed by atoms with Gasteiger partial charge in [-0.25, -0.2) is 14.4 Å². The summed E-state index contributed by atoms with van der Waals surface area (Å²) in [7, 11) is 0. The minimum Gasteiger partial charge on any atom is -0.457 e. The van der Waals surface area contributed by atoms with E-state index in [9.17, 15) is 19.2 Å². The van der Waals surface area contributed by atoms with E-state index in [-0.39, 0.29) is 25.2 Å². The molecule has 0 radical (unpaired) electrons. The van der Waals surface area contributed by atoms with E-state index in [2.05, 4.69) is 0 Å². The third-order valence-corrected chi connectivity index (χ3v) is 5.46. The maximum atomic E-state index is 12.6. The molecule has 0 fully saturated rings. The van der Waals surface area contributed by atoms with Crippen molar-refractivity contribution < 1.29 is 38.1 Å². The second kappa shape index (κ2) is 12.0. The van der Waals surface area contributed by atoms with Gasteiger partial charge in [0, 0.05) is 36.3 Å². The van der Waals surface area contributed by atoms with E-state index in [1.807, 2.05) is 0 Å². The molecule has 2 rings (SSSR count). The van der Waals surface area contributed by atoms with Gasteiger partial charge in [0.2, 0.25) is 0 Å². The number of esters is 4. The Balaban J connectivity index is 2.14. The lowest BCUT2D eigenvalue weighted by Gasteiger charge is -2.15. The predicted octanol–water partition coefficient (Wildman–Crippen LogP) is 4.00. The molecular weight excluding hydrogens is 442 g/mol. The number of hydrogen-bond acceptors (Lipinski definition) is 8. The second-order valence-electron chi connectivity index (χ2n) is 7.74. The van der Waals surface area contributed by atoms with Gasteiger partial charge in [0.25, 0.3) is 0 Å². The summed E-state index contributed by atoms with van der Waals surface area (Å²) >= 11 is 0. The molecule has 34 heavy (non-hydrogen) atoms. The number of carbonyl (C=O) groups is 4. The molecule has 0 bridgehead atoms. The molecule has 184 valence electrons. The summed E-state index contributed by atoms with van der Waals surface area (Å²) in [5.41, 5.74) is 2.27. The Labute approximate surface area is 199 Å². The zero-order valence-corrected chi connectivity index (χ0v) is 20.4. The molecule has 0 aromatic carbocycles. The van der Waals surface area contributed by atoms with E-state index in [1.165, 1.54) is 13.0 Å². The third-order valence-electron chi connectivity index (χ3n) is 5.46. The molecule has 2 heterocycles. The van der Waals surface area contributed by atoms with Crippen LogP contribution in [0.3, 0.4) is 0 Å². The van der Waals surface area contributed by atoms with Crippen LogP contribution in [0, 0.1) is 0 Å². The Bertz CT molecular complexity index is 1040. The topological polar surface area (TPSA) is 110 Å². The number of nitrogens with zero attached hydrogens (tertiary/aromatic N) is 1. The van der Waals surface area contributed by atoms with Gasteiger partial charge in [-0.05, 0) is 40.7 Å². The first kappa shape index (κ1) is 26.6. The largest absolute Gasteiger partial charge is 0.457 e. The van der Waals surface area contributed by atoms with Crippen molar-refractivity contribution >= 4 is 23.9 Å². The number of carbonyl (C=O) groups excluding carboxylic acids is 4. The summed E-state index contributed by atoms with van der Waals surface area (Å²) in [5, 5.41) is 0. The van der Waals surface area contributed by atoms with Crippen LogP contribution in [-0.2, 0) is 44.7 Å². The highest BCUT2D eigenvalue weighted by Crippen LogP contribution is 2.41. The highest BCUT2D eigenvalue weighted by Gasteiger charge is 2.37. The first-order chi connectivity index (χ1) is 16.1. The monoisotopic (exact) mass is 473 g/mol. The first-order valence-electron chi connectivity index (χ1n) is 11.0. The molecule has 0 aliphatic carbocycles. The number of ether oxygens (including phenoxy) is 4. The fraction of sp³-hybridized carbons (Fsp3) is 0.440. The van der Waals surface area contributed by atoms with Crippen molar-refractivity contribution in [3.63, 3.8) is 0 Å². The minimum atomic E-state index is -0.679. The number of allylic oxidation sites excluding steroid dienone is 3. The van der Waals surface area contributed by atoms with Crippen LogP contribution in [0.1, 0.15) is 71.6 Å². The van der Waals surface area contributed by atoms with Crippen LogP contribution in [0.4, 0.5) is 0 Å². The molecule has 1 aliphatic rings. The summed E-state index contributed by atoms with van der Waals surface area (Å²) < 4.78 is 23.3. The van der Waals surface area contributed by atoms with Crippen LogP contribution in [0.2, 0.25) is 0 Å². The van der Waals surface area contributed by atoms with Crippen LogP contribution in [0.5, 0.6) is 0 Å². The summed E-state index contributed by atoms with van der Waals surface area (Å²) in [5.74, 6) is -2.10. The molecule has 1 aromatic rings. The van der Waals surface area contributed by atoms with Gasteiger partial charge in [0.1, 0.15) is 19.3 Å². The molecule has 0 amide bonds. The van der Waals surface area contributed by atoms with Crippen molar-refractivity contribution in [1.29, 1.82) is 0 Å². The van der Waals surface area contributed by atoms with Crippen molar-refractivity contribution in [2.24, 2.45) is 0 Å². The van der Waals surface area contributed by atoms with Crippen molar-refractivity contribution in [3.05, 3.63) is 58.5 Å². The fourth-order valence-corrected chi connectivity index (χ4v) is 3.27. The smallest absolute Gasteiger partial charge is 0.337 e. The molecular formula is C25H31NO8. The zero-order valence-electron chi connectivity index (χ0n) is 20.4. The lowest BCUT2D eigenvalue weighted by molar-refractivity contribution is -0.153. The molecule has 0 saturated heterocycles. The molecule has 0 N–H and O–H groups in total. The van der Waals surface area contributed by atoms with E-state index in [4.69, 9.17) is 18.9 Å². The number of hydrogen-bond donors (Lipinski definition) is 0. The van der Waals surface area contributed by atoms with Gasteiger partial charge in [-0.1, -0.05) is 18.2 Å². The van der Waals surface area contributed by atoms with Crippen LogP contribution < -0.4 is 0 Å². The van der Waals surface area contributed by atoms with Gasteiger partial charge in [-0.15, -0.1) is 0 Å². The molecule has 0 spiro atoms. The van der Waals surface area contributed by atoms with Gasteiger partial charge < -0.3 is 23.5 Å². The van der Waals surface area contributed by atoms with Crippen LogP contribution >= 0.6 is 0 Å². The lowest BCUT2D eigenvalue weighted by atomic mass is 10.1. The standard InChI is InChI=1S/C25H31NO8/c1-7-15(4)23(28)31-13-18(9-3)25(30)32-14-19-10-11-26-21(33-17(6)27)12-20(22(19)26)34-24(29)16(5)8-2/h7-11,20-21H,12-14H2,1-6H3. The van der Waals surface area contributed by atoms with E-state index >= 15 is 0 Å². The van der Waals surface area contributed by atoms with E-state index < -0.39 is 36.2 Å². The molecule has 2 unspecified atom stereocenters. The second-order valence-corrected chi connectivity index (χ2v) is 7.74. The third kappa shape index (κ3) is 6.46. The van der Waals surface area contributed by atoms with E-state index in [0.717, 1.165) is 0 Å². The molecule has 2 atom stereocenters. The van der Waals surface area contributed by atoms with Gasteiger partial charge >= 0.3 is 23.9 Å². The Morgan fingerprint density at radius 3 is 2.15 bits per heavy atom. The predicted molar refractivity (Wildman–Crippen MR) is 122 cm³/mol. The van der Waals surface area contributed by atoms with Crippen molar-refractivity contribution in [3.8, 4) is 0 Å². The minimum absolute atomic E-state index is 0.107. The van der Waals surface area contributed by atoms with Crippen LogP contribution in [0.25, 0.3) is 0 Å². The Morgan fingerprint density at radius 2 is 1.56 bits per heavy atom. The number of rotatable bonds is 9. The first-order valence-corrected chi connectivity index (χ1v) is 11.0. The normalized spacial score (nSPS) is 18.2. The molecule has 0 saturated carbocycles. The quantitative estimate of drug-likeness (QED) is 0.301. The van der Waals surface area contributed by atoms with Crippen LogP contribution in [-0.4, -0.2) is 35.1 Å². The van der Waals surface area contributed by atoms with E-state index in [0.29, 0.717) is 22.4 Å². The van der Waals surface area contributed by atoms with Crippen molar-refractivity contribution in [1.82, 2.24) is 4.57 Å². The molecule has 1 aromatic heterocycles. The van der Waals surface area contributed by atoms with Gasteiger partial charge in [-0.2, -0.15) is 0 Å². The summed E-state index contributed by atoms with van der Waals surface area (Å²) in [4.78, 5) is 48.3. The zero-order chi connectivity index (χ0) is 25.4. The SMILES string of the molecule is CC=C(C)C(=O)OCC(=CC)C(=O)OCc1ccn2c1C(OC(=O)C(C)=CC)CC2OC(C)=O. The fourth-order valence-electron chi connectivity index (χ4n) is 3.27. The van der Waals surface area contributed by atoms with Gasteiger partial charge in [0.15, 0.2) is 6.23 Å². The maximum Gasteiger partial charge on any atom is 0.337 e. The van der Waals surface area contributed by atoms with Gasteiger partial charge in [-0.3, -0.25) is 4.79 Å². The van der Waals surface area contributed by atoms with Crippen molar-refractivity contribution in [2.75, 3.05) is 6.61 Å². The Hall–Kier alpha value is -3.62. The number of aromatic nitrogens is 1. The van der Waals surface area contributed by atoms with Crippen molar-refractivity contribution in [2.45, 2.75) is 66.9 Å². The highest BCUT2D eigenvalue weighted by molar-refractivity contribution is 5.91. The Kier molecular flexibility index (Phi) is 9.41. The molecule has 9 nitrogen and oxygen atoms in total. The van der Waals surface area contributed by atoms with Crippen LogP contribution in [0.15, 0.2) is 47.2 Å². The highest BCUT2D eigenvalue weighted by atomic mass is 16.6. The van der Waals surface area contributed by atoms with E-state index in [1.54, 1.807) is 63.6 Å². The van der Waals surface area contributed by atoms with Gasteiger partial charge in [0.05, 0.1) is 11.3 Å². The number of fused-ring (bicyclic) bond motifs is 1. The average molecular weight is 474 g/mol. The summed E-state index contributed by atoms with van der Waals surface area (Å²) in [6, 6.07) is 1.71. The molecule has 9 heteroatoms. The summed E-state index contributed by atoms with van der Waals surface area (Å²) in [6.07, 6.45) is 5.41. The maximum absolute atomic E-state index is 12.6. The summed E-state index contributed by atoms with van der Waals surface area (Å²) in [6.45, 7) is 9.34. The lowest BCUT2D eigenvalue weighted by Crippen LogP contribution is -2.16.